The third-order valence-corrected chi connectivity index (χ3v) is 4.40. The number of carbonyl (C=O) groups excluding carboxylic acids is 1. The molecular weight excluding hydrogens is 247 g/mol. The number of hydrogen-bond donors (Lipinski definition) is 1. The number of halogens is 3. The number of nitrogens with zero attached hydrogens (tertiary/aromatic N) is 2. The number of rotatable bonds is 0. The highest BCUT2D eigenvalue weighted by molar-refractivity contribution is 5.85. The Morgan fingerprint density at radius 3 is 2.44 bits per heavy atom. The normalized spacial score (nSPS) is 41.7. The molecule has 1 N–H and O–H groups in total. The Bertz CT molecular complexity index is 373. The molecular formula is C11H16F3N3O. The molecule has 3 aliphatic rings. The molecule has 102 valence electrons. The van der Waals surface area contributed by atoms with Crippen molar-refractivity contribution in [3.05, 3.63) is 0 Å². The summed E-state index contributed by atoms with van der Waals surface area (Å²) >= 11 is 0. The highest BCUT2D eigenvalue weighted by atomic mass is 19.4. The summed E-state index contributed by atoms with van der Waals surface area (Å²) < 4.78 is 39.0. The summed E-state index contributed by atoms with van der Waals surface area (Å²) in [6, 6.07) is -1.99. The Morgan fingerprint density at radius 2 is 1.83 bits per heavy atom. The van der Waals surface area contributed by atoms with E-state index in [-0.39, 0.29) is 12.1 Å². The second-order valence-corrected chi connectivity index (χ2v) is 5.36. The Morgan fingerprint density at radius 1 is 1.22 bits per heavy atom. The lowest BCUT2D eigenvalue weighted by Gasteiger charge is -2.33. The molecule has 3 fully saturated rings. The zero-order valence-electron chi connectivity index (χ0n) is 10.1. The van der Waals surface area contributed by atoms with Crippen LogP contribution in [0.1, 0.15) is 25.7 Å². The Kier molecular flexibility index (Phi) is 2.60. The van der Waals surface area contributed by atoms with Crippen molar-refractivity contribution in [1.82, 2.24) is 15.1 Å². The van der Waals surface area contributed by atoms with Crippen LogP contribution < -0.4 is 5.32 Å². The van der Waals surface area contributed by atoms with Crippen LogP contribution in [0.2, 0.25) is 0 Å². The summed E-state index contributed by atoms with van der Waals surface area (Å²) in [6.07, 6.45) is -1.43. The van der Waals surface area contributed by atoms with Crippen molar-refractivity contribution in [1.29, 1.82) is 0 Å². The minimum atomic E-state index is -4.49. The number of amides is 1. The van der Waals surface area contributed by atoms with Crippen molar-refractivity contribution in [2.45, 2.75) is 56.3 Å². The van der Waals surface area contributed by atoms with Crippen molar-refractivity contribution in [2.24, 2.45) is 0 Å². The maximum absolute atomic E-state index is 13.0. The lowest BCUT2D eigenvalue weighted by atomic mass is 9.90. The van der Waals surface area contributed by atoms with E-state index in [2.05, 4.69) is 5.32 Å². The molecule has 18 heavy (non-hydrogen) atoms. The molecule has 0 aromatic heterocycles. The zero-order chi connectivity index (χ0) is 13.1. The van der Waals surface area contributed by atoms with E-state index in [1.165, 1.54) is 4.90 Å². The topological polar surface area (TPSA) is 35.6 Å². The van der Waals surface area contributed by atoms with Crippen LogP contribution in [0.15, 0.2) is 0 Å². The van der Waals surface area contributed by atoms with Gasteiger partial charge in [-0.25, -0.2) is 4.90 Å². The van der Waals surface area contributed by atoms with Gasteiger partial charge in [0.15, 0.2) is 6.04 Å². The lowest BCUT2D eigenvalue weighted by molar-refractivity contribution is -0.185. The van der Waals surface area contributed by atoms with E-state index in [1.54, 1.807) is 7.05 Å². The van der Waals surface area contributed by atoms with Crippen LogP contribution in [-0.4, -0.2) is 53.3 Å². The molecule has 1 saturated carbocycles. The van der Waals surface area contributed by atoms with Gasteiger partial charge in [0.05, 0.1) is 0 Å². The first-order valence-corrected chi connectivity index (χ1v) is 6.28. The minimum absolute atomic E-state index is 0.134. The van der Waals surface area contributed by atoms with E-state index < -0.39 is 24.4 Å². The first-order chi connectivity index (χ1) is 8.41. The van der Waals surface area contributed by atoms with Gasteiger partial charge < -0.3 is 5.32 Å². The number of hydrogen-bond acceptors (Lipinski definition) is 3. The smallest absolute Gasteiger partial charge is 0.326 e. The van der Waals surface area contributed by atoms with E-state index >= 15 is 0 Å². The van der Waals surface area contributed by atoms with Crippen molar-refractivity contribution in [3.63, 3.8) is 0 Å². The molecule has 4 unspecified atom stereocenters. The number of fused-ring (bicyclic) bond motifs is 3. The van der Waals surface area contributed by atoms with Crippen molar-refractivity contribution < 1.29 is 18.0 Å². The van der Waals surface area contributed by atoms with Crippen molar-refractivity contribution in [2.75, 3.05) is 7.05 Å². The van der Waals surface area contributed by atoms with Crippen LogP contribution in [0.5, 0.6) is 0 Å². The van der Waals surface area contributed by atoms with Gasteiger partial charge in [-0.1, -0.05) is 12.8 Å². The predicted molar refractivity (Wildman–Crippen MR) is 57.4 cm³/mol. The monoisotopic (exact) mass is 263 g/mol. The van der Waals surface area contributed by atoms with Crippen LogP contribution in [0.25, 0.3) is 0 Å². The fourth-order valence-corrected chi connectivity index (χ4v) is 3.66. The van der Waals surface area contributed by atoms with Crippen LogP contribution in [0.3, 0.4) is 0 Å². The molecule has 0 bridgehead atoms. The van der Waals surface area contributed by atoms with Gasteiger partial charge in [-0.15, -0.1) is 0 Å². The molecule has 0 aromatic carbocycles. The molecule has 0 radical (unpaired) electrons. The molecule has 2 saturated heterocycles. The highest BCUT2D eigenvalue weighted by Gasteiger charge is 2.62. The van der Waals surface area contributed by atoms with Crippen LogP contribution in [0, 0.1) is 0 Å². The average Bonchev–Trinajstić information content (AvgIpc) is 2.75. The van der Waals surface area contributed by atoms with Gasteiger partial charge in [-0.2, -0.15) is 13.2 Å². The summed E-state index contributed by atoms with van der Waals surface area (Å²) in [5.74, 6) is -0.914. The fourth-order valence-electron chi connectivity index (χ4n) is 3.66. The molecule has 2 aliphatic heterocycles. The largest absolute Gasteiger partial charge is 0.413 e. The van der Waals surface area contributed by atoms with Crippen molar-refractivity contribution in [3.8, 4) is 0 Å². The third-order valence-electron chi connectivity index (χ3n) is 4.40. The molecule has 1 aliphatic carbocycles. The first kappa shape index (κ1) is 12.2. The number of carbonyl (C=O) groups is 1. The van der Waals surface area contributed by atoms with Crippen LogP contribution in [-0.2, 0) is 4.79 Å². The Balaban J connectivity index is 1.94. The number of likely N-dealkylation sites (N-methyl/N-ethyl adjacent to an activating group) is 1. The van der Waals surface area contributed by atoms with Gasteiger partial charge in [0.25, 0.3) is 0 Å². The Hall–Kier alpha value is -0.820. The van der Waals surface area contributed by atoms with Gasteiger partial charge in [-0.3, -0.25) is 9.69 Å². The number of nitrogens with one attached hydrogen (secondary N) is 1. The van der Waals surface area contributed by atoms with E-state index in [0.717, 1.165) is 25.7 Å². The van der Waals surface area contributed by atoms with Gasteiger partial charge in [0.2, 0.25) is 5.91 Å². The standard InChI is InChI=1S/C11H16F3N3O/c1-16-6-4-2-3-5-7(6)17-8(11(12,13)14)9(18)15-10(16)17/h6-8,10H,2-5H2,1H3,(H,15,18). The van der Waals surface area contributed by atoms with Gasteiger partial charge in [-0.05, 0) is 19.9 Å². The quantitative estimate of drug-likeness (QED) is 0.705. The van der Waals surface area contributed by atoms with Gasteiger partial charge in [0.1, 0.15) is 6.29 Å². The second-order valence-electron chi connectivity index (χ2n) is 5.36. The zero-order valence-corrected chi connectivity index (χ0v) is 10.1. The van der Waals surface area contributed by atoms with Crippen LogP contribution >= 0.6 is 0 Å². The van der Waals surface area contributed by atoms with Crippen LogP contribution in [0.4, 0.5) is 13.2 Å². The summed E-state index contributed by atoms with van der Waals surface area (Å²) in [5, 5.41) is 2.47. The fraction of sp³-hybridized carbons (Fsp3) is 0.909. The summed E-state index contributed by atoms with van der Waals surface area (Å²) in [7, 11) is 1.80. The molecule has 4 nitrogen and oxygen atoms in total. The maximum Gasteiger partial charge on any atom is 0.413 e. The van der Waals surface area contributed by atoms with Gasteiger partial charge in [0, 0.05) is 12.1 Å². The molecule has 7 heteroatoms. The molecule has 3 rings (SSSR count). The molecule has 2 heterocycles. The van der Waals surface area contributed by atoms with E-state index in [1.807, 2.05) is 4.90 Å². The summed E-state index contributed by atoms with van der Waals surface area (Å²) in [4.78, 5) is 14.8. The summed E-state index contributed by atoms with van der Waals surface area (Å²) in [6.45, 7) is 0. The minimum Gasteiger partial charge on any atom is -0.326 e. The number of alkyl halides is 3. The Labute approximate surface area is 103 Å². The maximum atomic E-state index is 13.0. The van der Waals surface area contributed by atoms with E-state index in [0.29, 0.717) is 0 Å². The molecule has 0 aromatic rings. The molecule has 0 spiro atoms. The van der Waals surface area contributed by atoms with Gasteiger partial charge >= 0.3 is 6.18 Å². The van der Waals surface area contributed by atoms with E-state index in [4.69, 9.17) is 0 Å². The highest BCUT2D eigenvalue weighted by Crippen LogP contribution is 2.42. The SMILES string of the molecule is CN1C2CCCCC2N2C1NC(=O)C2C(F)(F)F. The molecule has 1 amide bonds. The summed E-state index contributed by atoms with van der Waals surface area (Å²) in [5.41, 5.74) is 0. The average molecular weight is 263 g/mol. The molecule has 4 atom stereocenters. The first-order valence-electron chi connectivity index (χ1n) is 6.28. The predicted octanol–water partition coefficient (Wildman–Crippen LogP) is 0.889. The second kappa shape index (κ2) is 3.84. The lowest BCUT2D eigenvalue weighted by Crippen LogP contribution is -2.51. The third kappa shape index (κ3) is 1.56. The van der Waals surface area contributed by atoms with E-state index in [9.17, 15) is 18.0 Å². The van der Waals surface area contributed by atoms with Crippen molar-refractivity contribution >= 4 is 5.91 Å².